The van der Waals surface area contributed by atoms with Crippen LogP contribution in [0.15, 0.2) is 218 Å². The van der Waals surface area contributed by atoms with E-state index in [9.17, 15) is 0 Å². The quantitative estimate of drug-likeness (QED) is 0.155. The van der Waals surface area contributed by atoms with Gasteiger partial charge < -0.3 is 0 Å². The van der Waals surface area contributed by atoms with Crippen LogP contribution in [0.3, 0.4) is 0 Å². The molecule has 0 spiro atoms. The minimum Gasteiger partial charge on any atom is -0.0619 e. The second-order valence-corrected chi connectivity index (χ2v) is 20.5. The van der Waals surface area contributed by atoms with E-state index in [0.29, 0.717) is 0 Å². The molecule has 0 nitrogen and oxygen atoms in total. The first-order valence-corrected chi connectivity index (χ1v) is 24.1. The van der Waals surface area contributed by atoms with E-state index in [-0.39, 0.29) is 10.8 Å². The molecule has 0 heterocycles. The lowest BCUT2D eigenvalue weighted by Gasteiger charge is -2.22. The topological polar surface area (TPSA) is 0 Å². The summed E-state index contributed by atoms with van der Waals surface area (Å²) in [5.74, 6) is 0. The van der Waals surface area contributed by atoms with E-state index < -0.39 is 0 Å². The summed E-state index contributed by atoms with van der Waals surface area (Å²) in [5.41, 5.74) is 21.0. The molecule has 2 aliphatic rings. The first-order chi connectivity index (χ1) is 33.2. The van der Waals surface area contributed by atoms with Gasteiger partial charge in [0.15, 0.2) is 0 Å². The van der Waals surface area contributed by atoms with E-state index in [0.717, 1.165) is 0 Å². The monoisotopic (exact) mass is 864 g/mol. The first-order valence-electron chi connectivity index (χ1n) is 24.1. The van der Waals surface area contributed by atoms with Gasteiger partial charge in [0.1, 0.15) is 0 Å². The van der Waals surface area contributed by atoms with Crippen LogP contribution in [0.4, 0.5) is 0 Å². The second-order valence-electron chi connectivity index (χ2n) is 20.5. The van der Waals surface area contributed by atoms with Crippen LogP contribution >= 0.6 is 0 Å². The highest BCUT2D eigenvalue weighted by atomic mass is 14.4. The van der Waals surface area contributed by atoms with E-state index in [4.69, 9.17) is 0 Å². The average Bonchev–Trinajstić information content (AvgIpc) is 3.76. The van der Waals surface area contributed by atoms with Crippen molar-refractivity contribution in [3.8, 4) is 66.8 Å². The van der Waals surface area contributed by atoms with Gasteiger partial charge in [-0.1, -0.05) is 198 Å². The van der Waals surface area contributed by atoms with Gasteiger partial charge in [0, 0.05) is 10.8 Å². The number of rotatable bonds is 4. The fourth-order valence-electron chi connectivity index (χ4n) is 12.4. The van der Waals surface area contributed by atoms with Gasteiger partial charge >= 0.3 is 0 Å². The molecule has 0 aliphatic heterocycles. The Kier molecular flexibility index (Phi) is 8.19. The number of hydrogen-bond donors (Lipinski definition) is 0. The van der Waals surface area contributed by atoms with Crippen molar-refractivity contribution < 1.29 is 0 Å². The van der Waals surface area contributed by atoms with Crippen molar-refractivity contribution in [2.75, 3.05) is 0 Å². The highest BCUT2D eigenvalue weighted by Gasteiger charge is 2.36. The zero-order chi connectivity index (χ0) is 45.5. The zero-order valence-corrected chi connectivity index (χ0v) is 38.8. The molecule has 0 N–H and O–H groups in total. The maximum Gasteiger partial charge on any atom is 0.0159 e. The van der Waals surface area contributed by atoms with Gasteiger partial charge in [-0.25, -0.2) is 0 Å². The molecular weight excluding hydrogens is 817 g/mol. The maximum atomic E-state index is 2.44. The Labute approximate surface area is 397 Å². The summed E-state index contributed by atoms with van der Waals surface area (Å²) in [5, 5.41) is 12.7. The highest BCUT2D eigenvalue weighted by molar-refractivity contribution is 6.26. The van der Waals surface area contributed by atoms with Gasteiger partial charge in [0.05, 0.1) is 0 Å². The van der Waals surface area contributed by atoms with Crippen LogP contribution in [0.5, 0.6) is 0 Å². The van der Waals surface area contributed by atoms with Crippen molar-refractivity contribution in [3.05, 3.63) is 241 Å². The third-order valence-electron chi connectivity index (χ3n) is 16.0. The van der Waals surface area contributed by atoms with Crippen molar-refractivity contribution in [1.29, 1.82) is 0 Å². The molecule has 12 aromatic rings. The van der Waals surface area contributed by atoms with Gasteiger partial charge in [-0.15, -0.1) is 0 Å². The van der Waals surface area contributed by atoms with E-state index >= 15 is 0 Å². The zero-order valence-electron chi connectivity index (χ0n) is 38.8. The van der Waals surface area contributed by atoms with Gasteiger partial charge in [-0.05, 0) is 191 Å². The largest absolute Gasteiger partial charge is 0.0619 e. The van der Waals surface area contributed by atoms with E-state index in [1.165, 1.54) is 143 Å². The van der Waals surface area contributed by atoms with Crippen LogP contribution in [0.25, 0.3) is 121 Å². The van der Waals surface area contributed by atoms with E-state index in [1.807, 2.05) is 0 Å². The first kappa shape index (κ1) is 39.1. The Hall–Kier alpha value is -8.06. The number of benzene rings is 12. The Morgan fingerprint density at radius 2 is 0.544 bits per heavy atom. The lowest BCUT2D eigenvalue weighted by Crippen LogP contribution is -2.14. The molecule has 0 heteroatoms. The minimum absolute atomic E-state index is 0.0281. The van der Waals surface area contributed by atoms with Crippen molar-refractivity contribution in [1.82, 2.24) is 0 Å². The fourth-order valence-corrected chi connectivity index (χ4v) is 12.4. The third kappa shape index (κ3) is 5.67. The SMILES string of the molecule is CC1(C)c2ccccc2-c2ccc(-c3ccc4cc(-c5cc6cc(-c7ccc8cc(-c9ccc%10c(c9)C(C)(C)c9ccccc9-%10)ccc8c7)c7ccccc7c6c6ccccc56)ccc4c3)cc21. The molecule has 0 saturated heterocycles. The molecule has 0 radical (unpaired) electrons. The van der Waals surface area contributed by atoms with Gasteiger partial charge in [0.25, 0.3) is 0 Å². The Morgan fingerprint density at radius 1 is 0.221 bits per heavy atom. The number of hydrogen-bond acceptors (Lipinski definition) is 0. The minimum atomic E-state index is -0.0281. The molecule has 0 aromatic heterocycles. The summed E-state index contributed by atoms with van der Waals surface area (Å²) in [6, 6.07) is 82.7. The number of fused-ring (bicyclic) bond motifs is 13. The third-order valence-corrected chi connectivity index (χ3v) is 16.0. The van der Waals surface area contributed by atoms with Crippen LogP contribution in [-0.4, -0.2) is 0 Å². The maximum absolute atomic E-state index is 2.44. The van der Waals surface area contributed by atoms with Crippen molar-refractivity contribution in [2.24, 2.45) is 0 Å². The summed E-state index contributed by atoms with van der Waals surface area (Å²) < 4.78 is 0. The predicted octanol–water partition coefficient (Wildman–Crippen LogP) is 18.7. The van der Waals surface area contributed by atoms with Gasteiger partial charge in [-0.2, -0.15) is 0 Å². The molecule has 68 heavy (non-hydrogen) atoms. The summed E-state index contributed by atoms with van der Waals surface area (Å²) in [7, 11) is 0. The predicted molar refractivity (Wildman–Crippen MR) is 291 cm³/mol. The molecule has 0 unspecified atom stereocenters. The van der Waals surface area contributed by atoms with Crippen molar-refractivity contribution in [2.45, 2.75) is 38.5 Å². The molecular formula is C68H48. The Bertz CT molecular complexity index is 3870. The van der Waals surface area contributed by atoms with Crippen LogP contribution in [0.2, 0.25) is 0 Å². The van der Waals surface area contributed by atoms with Crippen LogP contribution in [-0.2, 0) is 10.8 Å². The standard InChI is InChI=1S/C68H48/c1-67(2)62-19-11-9-15-54(62)56-31-29-47(39-64(56)67)43-21-23-45-35-49(27-25-41(45)33-43)60-37-51-38-61(53-14-6-8-18-59(53)66(51)58-17-7-5-13-52(58)60)50-28-26-42-34-44(22-24-46(42)36-50)48-30-32-57-55-16-10-12-20-63(55)68(3,4)65(57)40-48/h5-40H,1-4H3. The summed E-state index contributed by atoms with van der Waals surface area (Å²) in [4.78, 5) is 0. The molecule has 320 valence electrons. The lowest BCUT2D eigenvalue weighted by atomic mass is 9.81. The van der Waals surface area contributed by atoms with Crippen molar-refractivity contribution in [3.63, 3.8) is 0 Å². The lowest BCUT2D eigenvalue weighted by molar-refractivity contribution is 0.660. The Balaban J connectivity index is 0.845. The molecule has 14 rings (SSSR count). The van der Waals surface area contributed by atoms with Crippen LogP contribution in [0, 0.1) is 0 Å². The van der Waals surface area contributed by atoms with Gasteiger partial charge in [0.2, 0.25) is 0 Å². The van der Waals surface area contributed by atoms with E-state index in [2.05, 4.69) is 246 Å². The normalized spacial score (nSPS) is 14.1. The molecule has 0 saturated carbocycles. The van der Waals surface area contributed by atoms with Crippen LogP contribution < -0.4 is 0 Å². The molecule has 0 bridgehead atoms. The second kappa shape index (κ2) is 14.2. The average molecular weight is 865 g/mol. The van der Waals surface area contributed by atoms with Crippen LogP contribution in [0.1, 0.15) is 49.9 Å². The van der Waals surface area contributed by atoms with Gasteiger partial charge in [-0.3, -0.25) is 0 Å². The molecule has 0 atom stereocenters. The molecule has 2 aliphatic carbocycles. The fraction of sp³-hybridized carbons (Fsp3) is 0.0882. The Morgan fingerprint density at radius 3 is 0.985 bits per heavy atom. The highest BCUT2D eigenvalue weighted by Crippen LogP contribution is 2.51. The van der Waals surface area contributed by atoms with E-state index in [1.54, 1.807) is 0 Å². The summed E-state index contributed by atoms with van der Waals surface area (Å²) in [6.45, 7) is 9.43. The smallest absolute Gasteiger partial charge is 0.0159 e. The summed E-state index contributed by atoms with van der Waals surface area (Å²) >= 11 is 0. The summed E-state index contributed by atoms with van der Waals surface area (Å²) in [6.07, 6.45) is 0. The van der Waals surface area contributed by atoms with Crippen molar-refractivity contribution >= 4 is 53.9 Å². The molecule has 0 amide bonds. The molecule has 0 fully saturated rings. The molecule has 12 aromatic carbocycles.